The summed E-state index contributed by atoms with van der Waals surface area (Å²) in [6.07, 6.45) is 7.97. The fourth-order valence-electron chi connectivity index (χ4n) is 2.63. The first-order chi connectivity index (χ1) is 10.3. The van der Waals surface area contributed by atoms with Crippen LogP contribution in [0.15, 0.2) is 30.9 Å². The van der Waals surface area contributed by atoms with E-state index in [1.807, 2.05) is 29.2 Å². The quantitative estimate of drug-likeness (QED) is 0.880. The number of aromatic nitrogens is 4. The van der Waals surface area contributed by atoms with Crippen LogP contribution in [0.5, 0.6) is 0 Å². The molecule has 1 aliphatic heterocycles. The molecule has 3 rings (SSSR count). The van der Waals surface area contributed by atoms with Crippen molar-refractivity contribution in [2.75, 3.05) is 29.9 Å². The van der Waals surface area contributed by atoms with Crippen molar-refractivity contribution in [3.8, 4) is 0 Å². The molecule has 1 atom stereocenters. The van der Waals surface area contributed by atoms with Crippen LogP contribution in [0, 0.1) is 5.92 Å². The molecule has 2 aromatic rings. The van der Waals surface area contributed by atoms with Gasteiger partial charge in [-0.3, -0.25) is 4.68 Å². The van der Waals surface area contributed by atoms with Crippen LogP contribution in [-0.4, -0.2) is 39.4 Å². The Morgan fingerprint density at radius 2 is 2.14 bits per heavy atom. The molecule has 0 amide bonds. The fourth-order valence-corrected chi connectivity index (χ4v) is 2.63. The molecule has 112 valence electrons. The summed E-state index contributed by atoms with van der Waals surface area (Å²) in [6, 6.07) is 4.00. The van der Waals surface area contributed by atoms with Crippen LogP contribution >= 0.6 is 0 Å². The molecule has 6 heteroatoms. The van der Waals surface area contributed by atoms with Crippen LogP contribution in [0.1, 0.15) is 19.8 Å². The van der Waals surface area contributed by atoms with Crippen LogP contribution in [0.3, 0.4) is 0 Å². The SMILES string of the molecule is C[C@H](CNc1cc(N2CCCC2)ncn1)Cn1cccn1. The molecule has 0 aromatic carbocycles. The smallest absolute Gasteiger partial charge is 0.134 e. The number of nitrogens with one attached hydrogen (secondary N) is 1. The molecule has 0 radical (unpaired) electrons. The van der Waals surface area contributed by atoms with Gasteiger partial charge in [0.15, 0.2) is 0 Å². The zero-order valence-corrected chi connectivity index (χ0v) is 12.4. The van der Waals surface area contributed by atoms with Crippen LogP contribution in [0.2, 0.25) is 0 Å². The lowest BCUT2D eigenvalue weighted by molar-refractivity contribution is 0.467. The highest BCUT2D eigenvalue weighted by Gasteiger charge is 2.14. The maximum atomic E-state index is 4.37. The minimum Gasteiger partial charge on any atom is -0.370 e. The van der Waals surface area contributed by atoms with E-state index in [1.54, 1.807) is 6.33 Å². The molecule has 2 aromatic heterocycles. The molecule has 0 unspecified atom stereocenters. The summed E-state index contributed by atoms with van der Waals surface area (Å²) in [5, 5.41) is 7.64. The molecule has 1 saturated heterocycles. The first kappa shape index (κ1) is 13.9. The van der Waals surface area contributed by atoms with Gasteiger partial charge in [0.2, 0.25) is 0 Å². The van der Waals surface area contributed by atoms with Crippen molar-refractivity contribution in [1.29, 1.82) is 0 Å². The fraction of sp³-hybridized carbons (Fsp3) is 0.533. The van der Waals surface area contributed by atoms with E-state index in [0.717, 1.165) is 37.8 Å². The van der Waals surface area contributed by atoms with Crippen molar-refractivity contribution < 1.29 is 0 Å². The zero-order chi connectivity index (χ0) is 14.5. The third-order valence-electron chi connectivity index (χ3n) is 3.77. The number of anilines is 2. The summed E-state index contributed by atoms with van der Waals surface area (Å²) in [6.45, 7) is 6.19. The average Bonchev–Trinajstić information content (AvgIpc) is 3.19. The molecule has 0 bridgehead atoms. The molecule has 1 fully saturated rings. The Labute approximate surface area is 125 Å². The topological polar surface area (TPSA) is 58.9 Å². The number of hydrogen-bond donors (Lipinski definition) is 1. The molecule has 0 spiro atoms. The van der Waals surface area contributed by atoms with Gasteiger partial charge in [-0.15, -0.1) is 0 Å². The average molecular weight is 286 g/mol. The molecule has 6 nitrogen and oxygen atoms in total. The minimum absolute atomic E-state index is 0.482. The Bertz CT molecular complexity index is 547. The first-order valence-corrected chi connectivity index (χ1v) is 7.59. The van der Waals surface area contributed by atoms with Gasteiger partial charge in [0.1, 0.15) is 18.0 Å². The maximum absolute atomic E-state index is 4.37. The molecule has 3 heterocycles. The number of rotatable bonds is 6. The minimum atomic E-state index is 0.482. The van der Waals surface area contributed by atoms with E-state index in [2.05, 4.69) is 32.2 Å². The van der Waals surface area contributed by atoms with E-state index in [9.17, 15) is 0 Å². The lowest BCUT2D eigenvalue weighted by Crippen LogP contribution is -2.20. The molecular weight excluding hydrogens is 264 g/mol. The van der Waals surface area contributed by atoms with E-state index in [1.165, 1.54) is 12.8 Å². The van der Waals surface area contributed by atoms with Crippen LogP contribution < -0.4 is 10.2 Å². The van der Waals surface area contributed by atoms with Gasteiger partial charge >= 0.3 is 0 Å². The van der Waals surface area contributed by atoms with Gasteiger partial charge in [-0.25, -0.2) is 9.97 Å². The molecule has 0 saturated carbocycles. The van der Waals surface area contributed by atoms with Crippen molar-refractivity contribution in [3.05, 3.63) is 30.9 Å². The van der Waals surface area contributed by atoms with E-state index in [0.29, 0.717) is 5.92 Å². The predicted octanol–water partition coefficient (Wildman–Crippen LogP) is 2.02. The van der Waals surface area contributed by atoms with Crippen molar-refractivity contribution in [1.82, 2.24) is 19.7 Å². The molecule has 0 aliphatic carbocycles. The Morgan fingerprint density at radius 3 is 2.90 bits per heavy atom. The number of nitrogens with zero attached hydrogens (tertiary/aromatic N) is 5. The van der Waals surface area contributed by atoms with Crippen molar-refractivity contribution >= 4 is 11.6 Å². The zero-order valence-electron chi connectivity index (χ0n) is 12.4. The second-order valence-corrected chi connectivity index (χ2v) is 5.67. The van der Waals surface area contributed by atoms with E-state index in [-0.39, 0.29) is 0 Å². The summed E-state index contributed by atoms with van der Waals surface area (Å²) in [7, 11) is 0. The highest BCUT2D eigenvalue weighted by Crippen LogP contribution is 2.19. The lowest BCUT2D eigenvalue weighted by atomic mass is 10.2. The maximum Gasteiger partial charge on any atom is 0.134 e. The Morgan fingerprint density at radius 1 is 1.29 bits per heavy atom. The monoisotopic (exact) mass is 286 g/mol. The van der Waals surface area contributed by atoms with Gasteiger partial charge < -0.3 is 10.2 Å². The summed E-state index contributed by atoms with van der Waals surface area (Å²) < 4.78 is 1.96. The third-order valence-corrected chi connectivity index (χ3v) is 3.77. The van der Waals surface area contributed by atoms with Gasteiger partial charge in [0, 0.05) is 44.6 Å². The molecule has 21 heavy (non-hydrogen) atoms. The molecular formula is C15H22N6. The second kappa shape index (κ2) is 6.56. The van der Waals surface area contributed by atoms with Crippen molar-refractivity contribution in [3.63, 3.8) is 0 Å². The van der Waals surface area contributed by atoms with Crippen LogP contribution in [0.4, 0.5) is 11.6 Å². The molecule has 1 N–H and O–H groups in total. The van der Waals surface area contributed by atoms with Gasteiger partial charge in [-0.05, 0) is 24.8 Å². The standard InChI is InChI=1S/C15H22N6/c1-13(11-21-8-4-5-19-21)10-16-14-9-15(18-12-17-14)20-6-2-3-7-20/h4-5,8-9,12-13H,2-3,6-7,10-11H2,1H3,(H,16,17,18)/t13-/m1/s1. The summed E-state index contributed by atoms with van der Waals surface area (Å²) in [5.74, 6) is 2.42. The lowest BCUT2D eigenvalue weighted by Gasteiger charge is -2.17. The summed E-state index contributed by atoms with van der Waals surface area (Å²) in [4.78, 5) is 11.0. The van der Waals surface area contributed by atoms with E-state index in [4.69, 9.17) is 0 Å². The highest BCUT2D eigenvalue weighted by atomic mass is 15.3. The Kier molecular flexibility index (Phi) is 4.33. The Balaban J connectivity index is 1.53. The highest BCUT2D eigenvalue weighted by molar-refractivity contribution is 5.48. The Hall–Kier alpha value is -2.11. The third kappa shape index (κ3) is 3.71. The largest absolute Gasteiger partial charge is 0.370 e. The summed E-state index contributed by atoms with van der Waals surface area (Å²) >= 11 is 0. The summed E-state index contributed by atoms with van der Waals surface area (Å²) in [5.41, 5.74) is 0. The van der Waals surface area contributed by atoms with Crippen LogP contribution in [0.25, 0.3) is 0 Å². The van der Waals surface area contributed by atoms with Crippen molar-refractivity contribution in [2.45, 2.75) is 26.3 Å². The molecule has 1 aliphatic rings. The predicted molar refractivity (Wildman–Crippen MR) is 83.4 cm³/mol. The van der Waals surface area contributed by atoms with Gasteiger partial charge in [-0.1, -0.05) is 6.92 Å². The van der Waals surface area contributed by atoms with E-state index >= 15 is 0 Å². The van der Waals surface area contributed by atoms with Crippen LogP contribution in [-0.2, 0) is 6.54 Å². The number of hydrogen-bond acceptors (Lipinski definition) is 5. The van der Waals surface area contributed by atoms with Gasteiger partial charge in [-0.2, -0.15) is 5.10 Å². The first-order valence-electron chi connectivity index (χ1n) is 7.59. The van der Waals surface area contributed by atoms with Crippen molar-refractivity contribution in [2.24, 2.45) is 5.92 Å². The van der Waals surface area contributed by atoms with Gasteiger partial charge in [0.05, 0.1) is 0 Å². The second-order valence-electron chi connectivity index (χ2n) is 5.67. The van der Waals surface area contributed by atoms with E-state index < -0.39 is 0 Å². The normalized spacial score (nSPS) is 16.1. The van der Waals surface area contributed by atoms with Gasteiger partial charge in [0.25, 0.3) is 0 Å².